The van der Waals surface area contributed by atoms with Crippen LogP contribution >= 0.6 is 11.8 Å². The van der Waals surface area contributed by atoms with E-state index in [1.165, 1.54) is 0 Å². The summed E-state index contributed by atoms with van der Waals surface area (Å²) in [6, 6.07) is 7.55. The largest absolute Gasteiger partial charge is 0.399 e. The summed E-state index contributed by atoms with van der Waals surface area (Å²) in [5.41, 5.74) is 6.43. The van der Waals surface area contributed by atoms with Gasteiger partial charge in [-0.3, -0.25) is 0 Å². The Hall–Kier alpha value is -0.720. The van der Waals surface area contributed by atoms with Crippen LogP contribution in [-0.2, 0) is 10.0 Å². The minimum atomic E-state index is -3.13. The second-order valence-corrected chi connectivity index (χ2v) is 9.14. The second kappa shape index (κ2) is 7.03. The van der Waals surface area contributed by atoms with Gasteiger partial charge in [0.1, 0.15) is 0 Å². The van der Waals surface area contributed by atoms with E-state index < -0.39 is 10.0 Å². The minimum absolute atomic E-state index is 0.192. The molecule has 21 heavy (non-hydrogen) atoms. The molecule has 2 rings (SSSR count). The Labute approximate surface area is 132 Å². The van der Waals surface area contributed by atoms with Crippen LogP contribution in [0.5, 0.6) is 0 Å². The van der Waals surface area contributed by atoms with Gasteiger partial charge in [0.05, 0.1) is 5.75 Å². The van der Waals surface area contributed by atoms with E-state index in [4.69, 9.17) is 5.73 Å². The molecule has 118 valence electrons. The molecule has 0 saturated carbocycles. The third-order valence-corrected chi connectivity index (χ3v) is 7.08. The smallest absolute Gasteiger partial charge is 0.214 e. The van der Waals surface area contributed by atoms with Gasteiger partial charge in [-0.25, -0.2) is 12.7 Å². The fourth-order valence-electron chi connectivity index (χ4n) is 2.55. The van der Waals surface area contributed by atoms with Gasteiger partial charge in [0, 0.05) is 29.4 Å². The Morgan fingerprint density at radius 1 is 1.43 bits per heavy atom. The van der Waals surface area contributed by atoms with Crippen LogP contribution in [0, 0.1) is 11.8 Å². The average Bonchev–Trinajstić information content (AvgIpc) is 2.89. The molecule has 1 aromatic carbocycles. The van der Waals surface area contributed by atoms with Crippen molar-refractivity contribution in [1.82, 2.24) is 4.31 Å². The van der Waals surface area contributed by atoms with Crippen LogP contribution in [0.2, 0.25) is 0 Å². The van der Waals surface area contributed by atoms with Gasteiger partial charge in [-0.15, -0.1) is 11.8 Å². The van der Waals surface area contributed by atoms with E-state index in [1.54, 1.807) is 16.1 Å². The van der Waals surface area contributed by atoms with Crippen molar-refractivity contribution in [3.63, 3.8) is 0 Å². The van der Waals surface area contributed by atoms with Crippen molar-refractivity contribution >= 4 is 27.5 Å². The highest BCUT2D eigenvalue weighted by Gasteiger charge is 2.32. The maximum Gasteiger partial charge on any atom is 0.214 e. The lowest BCUT2D eigenvalue weighted by Gasteiger charge is -2.18. The molecule has 1 aliphatic rings. The summed E-state index contributed by atoms with van der Waals surface area (Å²) in [6.45, 7) is 5.68. The first-order valence-electron chi connectivity index (χ1n) is 7.34. The standard InChI is InChI=1S/C15H24N2O2S2/c1-12(2)13-6-7-17(11-13)21(18,19)9-8-20-15-5-3-4-14(16)10-15/h3-5,10,12-13H,6-9,11,16H2,1-2H3. The first-order chi connectivity index (χ1) is 9.88. The van der Waals surface area contributed by atoms with Gasteiger partial charge in [-0.1, -0.05) is 19.9 Å². The second-order valence-electron chi connectivity index (χ2n) is 5.89. The number of thioether (sulfide) groups is 1. The van der Waals surface area contributed by atoms with E-state index >= 15 is 0 Å². The predicted octanol–water partition coefficient (Wildman–Crippen LogP) is 2.67. The minimum Gasteiger partial charge on any atom is -0.399 e. The zero-order valence-electron chi connectivity index (χ0n) is 12.7. The normalized spacial score (nSPS) is 20.2. The highest BCUT2D eigenvalue weighted by molar-refractivity contribution is 8.00. The lowest BCUT2D eigenvalue weighted by Crippen LogP contribution is -2.32. The van der Waals surface area contributed by atoms with E-state index in [2.05, 4.69) is 13.8 Å². The first-order valence-corrected chi connectivity index (χ1v) is 9.94. The van der Waals surface area contributed by atoms with Gasteiger partial charge in [0.15, 0.2) is 0 Å². The van der Waals surface area contributed by atoms with Crippen LogP contribution in [0.3, 0.4) is 0 Å². The average molecular weight is 329 g/mol. The number of benzene rings is 1. The van der Waals surface area contributed by atoms with Gasteiger partial charge in [0.2, 0.25) is 10.0 Å². The predicted molar refractivity (Wildman–Crippen MR) is 89.9 cm³/mol. The van der Waals surface area contributed by atoms with Crippen LogP contribution in [0.15, 0.2) is 29.2 Å². The Morgan fingerprint density at radius 3 is 2.81 bits per heavy atom. The topological polar surface area (TPSA) is 63.4 Å². The molecule has 6 heteroatoms. The van der Waals surface area contributed by atoms with E-state index in [9.17, 15) is 8.42 Å². The van der Waals surface area contributed by atoms with Crippen molar-refractivity contribution in [1.29, 1.82) is 0 Å². The quantitative estimate of drug-likeness (QED) is 0.644. The molecule has 0 aromatic heterocycles. The maximum atomic E-state index is 12.3. The number of sulfonamides is 1. The number of nitrogens with zero attached hydrogens (tertiary/aromatic N) is 1. The fraction of sp³-hybridized carbons (Fsp3) is 0.600. The van der Waals surface area contributed by atoms with E-state index in [0.717, 1.165) is 11.3 Å². The van der Waals surface area contributed by atoms with E-state index in [0.29, 0.717) is 36.4 Å². The lowest BCUT2D eigenvalue weighted by molar-refractivity contribution is 0.389. The van der Waals surface area contributed by atoms with Gasteiger partial charge < -0.3 is 5.73 Å². The number of anilines is 1. The Morgan fingerprint density at radius 2 is 2.19 bits per heavy atom. The molecule has 0 spiro atoms. The molecule has 0 radical (unpaired) electrons. The van der Waals surface area contributed by atoms with Crippen molar-refractivity contribution in [2.45, 2.75) is 25.2 Å². The fourth-order valence-corrected chi connectivity index (χ4v) is 5.42. The van der Waals surface area contributed by atoms with Crippen LogP contribution in [0.25, 0.3) is 0 Å². The number of nitrogen functional groups attached to an aromatic ring is 1. The molecule has 1 unspecified atom stereocenters. The molecule has 4 nitrogen and oxygen atoms in total. The van der Waals surface area contributed by atoms with Crippen LogP contribution < -0.4 is 5.73 Å². The lowest BCUT2D eigenvalue weighted by atomic mass is 9.96. The summed E-state index contributed by atoms with van der Waals surface area (Å²) < 4.78 is 26.4. The van der Waals surface area contributed by atoms with Crippen LogP contribution in [-0.4, -0.2) is 37.3 Å². The molecule has 1 aromatic rings. The van der Waals surface area contributed by atoms with Crippen molar-refractivity contribution < 1.29 is 8.42 Å². The molecular weight excluding hydrogens is 304 g/mol. The highest BCUT2D eigenvalue weighted by atomic mass is 32.2. The van der Waals surface area contributed by atoms with Gasteiger partial charge in [-0.2, -0.15) is 0 Å². The molecule has 1 fully saturated rings. The summed E-state index contributed by atoms with van der Waals surface area (Å²) in [7, 11) is -3.13. The third-order valence-electron chi connectivity index (χ3n) is 3.99. The first kappa shape index (κ1) is 16.6. The molecule has 1 atom stereocenters. The maximum absolute atomic E-state index is 12.3. The summed E-state index contributed by atoms with van der Waals surface area (Å²) in [6.07, 6.45) is 0.985. The summed E-state index contributed by atoms with van der Waals surface area (Å²) in [4.78, 5) is 1.02. The van der Waals surface area contributed by atoms with Gasteiger partial charge >= 0.3 is 0 Å². The molecule has 1 saturated heterocycles. The Kier molecular flexibility index (Phi) is 5.57. The Bertz CT molecular complexity index is 573. The van der Waals surface area contributed by atoms with E-state index in [1.807, 2.05) is 24.3 Å². The molecule has 1 heterocycles. The van der Waals surface area contributed by atoms with Gasteiger partial charge in [0.25, 0.3) is 0 Å². The Balaban J connectivity index is 1.85. The molecule has 0 bridgehead atoms. The summed E-state index contributed by atoms with van der Waals surface area (Å²) in [5.74, 6) is 1.81. The number of nitrogens with two attached hydrogens (primary N) is 1. The SMILES string of the molecule is CC(C)C1CCN(S(=O)(=O)CCSc2cccc(N)c2)C1. The monoisotopic (exact) mass is 328 g/mol. The zero-order valence-corrected chi connectivity index (χ0v) is 14.3. The third kappa shape index (κ3) is 4.63. The van der Waals surface area contributed by atoms with Crippen LogP contribution in [0.1, 0.15) is 20.3 Å². The zero-order chi connectivity index (χ0) is 15.5. The molecule has 2 N–H and O–H groups in total. The highest BCUT2D eigenvalue weighted by Crippen LogP contribution is 2.27. The molecule has 0 amide bonds. The number of hydrogen-bond donors (Lipinski definition) is 1. The summed E-state index contributed by atoms with van der Waals surface area (Å²) >= 11 is 1.54. The number of hydrogen-bond acceptors (Lipinski definition) is 4. The van der Waals surface area contributed by atoms with Crippen molar-refractivity contribution in [2.75, 3.05) is 30.3 Å². The van der Waals surface area contributed by atoms with Gasteiger partial charge in [-0.05, 0) is 36.5 Å². The van der Waals surface area contributed by atoms with Crippen LogP contribution in [0.4, 0.5) is 5.69 Å². The van der Waals surface area contributed by atoms with Crippen molar-refractivity contribution in [3.05, 3.63) is 24.3 Å². The molecular formula is C15H24N2O2S2. The molecule has 0 aliphatic carbocycles. The van der Waals surface area contributed by atoms with E-state index in [-0.39, 0.29) is 5.75 Å². The summed E-state index contributed by atoms with van der Waals surface area (Å²) in [5, 5.41) is 0. The van der Waals surface area contributed by atoms with Crippen molar-refractivity contribution in [2.24, 2.45) is 11.8 Å². The van der Waals surface area contributed by atoms with Crippen molar-refractivity contribution in [3.8, 4) is 0 Å². The molecule has 1 aliphatic heterocycles. The number of rotatable bonds is 6.